The number of carbonyl (C=O) groups excluding carboxylic acids is 1. The first-order valence-electron chi connectivity index (χ1n) is 7.78. The third kappa shape index (κ3) is 2.63. The second-order valence-electron chi connectivity index (χ2n) is 6.19. The number of aryl methyl sites for hydroxylation is 2. The van der Waals surface area contributed by atoms with Crippen molar-refractivity contribution in [1.29, 1.82) is 0 Å². The predicted octanol–water partition coefficient (Wildman–Crippen LogP) is 1.67. The van der Waals surface area contributed by atoms with Crippen molar-refractivity contribution in [2.24, 2.45) is 5.92 Å². The van der Waals surface area contributed by atoms with Crippen LogP contribution >= 0.6 is 0 Å². The molecule has 3 atom stereocenters. The van der Waals surface area contributed by atoms with E-state index in [4.69, 9.17) is 13.8 Å². The number of hydrogen-bond acceptors (Lipinski definition) is 7. The molecule has 2 aromatic rings. The van der Waals surface area contributed by atoms with Gasteiger partial charge >= 0.3 is 0 Å². The predicted molar refractivity (Wildman–Crippen MR) is 76.5 cm³/mol. The van der Waals surface area contributed by atoms with Gasteiger partial charge in [-0.15, -0.1) is 0 Å². The Morgan fingerprint density at radius 2 is 2.17 bits per heavy atom. The van der Waals surface area contributed by atoms with E-state index in [0.29, 0.717) is 42.2 Å². The average Bonchev–Trinajstić information content (AvgIpc) is 3.24. The summed E-state index contributed by atoms with van der Waals surface area (Å²) in [6.45, 7) is 4.79. The van der Waals surface area contributed by atoms with Crippen LogP contribution in [0.3, 0.4) is 0 Å². The molecule has 0 saturated carbocycles. The lowest BCUT2D eigenvalue weighted by atomic mass is 9.91. The molecule has 2 aromatic heterocycles. The molecule has 0 N–H and O–H groups in total. The fraction of sp³-hybridized carbons (Fsp3) is 0.600. The summed E-state index contributed by atoms with van der Waals surface area (Å²) < 4.78 is 16.1. The van der Waals surface area contributed by atoms with Gasteiger partial charge in [-0.25, -0.2) is 0 Å². The van der Waals surface area contributed by atoms with Crippen molar-refractivity contribution in [3.8, 4) is 0 Å². The third-order valence-corrected chi connectivity index (χ3v) is 4.52. The van der Waals surface area contributed by atoms with Gasteiger partial charge in [-0.05, 0) is 25.7 Å². The molecular formula is C15H18N4O4. The summed E-state index contributed by atoms with van der Waals surface area (Å²) in [6, 6.07) is 1.66. The van der Waals surface area contributed by atoms with Crippen LogP contribution in [0.1, 0.15) is 46.9 Å². The first-order chi connectivity index (χ1) is 11.1. The van der Waals surface area contributed by atoms with E-state index in [1.807, 2.05) is 0 Å². The lowest BCUT2D eigenvalue weighted by Crippen LogP contribution is -2.45. The van der Waals surface area contributed by atoms with Crippen molar-refractivity contribution in [2.75, 3.05) is 13.1 Å². The minimum Gasteiger partial charge on any atom is -0.365 e. The number of hydrogen-bond donors (Lipinski definition) is 0. The highest BCUT2D eigenvalue weighted by molar-refractivity contribution is 5.92. The molecule has 4 rings (SSSR count). The minimum absolute atomic E-state index is 0.00417. The fourth-order valence-corrected chi connectivity index (χ4v) is 3.36. The van der Waals surface area contributed by atoms with Crippen LogP contribution < -0.4 is 0 Å². The zero-order chi connectivity index (χ0) is 16.0. The standard InChI is InChI=1S/C15H18N4O4/c1-8-5-11(17-22-8)15(20)19-4-3-10-6-12(21-13(10)7-19)14-16-9(2)23-18-14/h5,10,12-13H,3-4,6-7H2,1-2H3/t10-,12-,13+/m0/s1. The highest BCUT2D eigenvalue weighted by Crippen LogP contribution is 2.40. The molecule has 0 radical (unpaired) electrons. The summed E-state index contributed by atoms with van der Waals surface area (Å²) in [5.74, 6) is 2.08. The molecule has 8 nitrogen and oxygen atoms in total. The number of aromatic nitrogens is 3. The van der Waals surface area contributed by atoms with Gasteiger partial charge in [0.2, 0.25) is 11.7 Å². The number of carbonyl (C=O) groups is 1. The average molecular weight is 318 g/mol. The van der Waals surface area contributed by atoms with E-state index in [2.05, 4.69) is 15.3 Å². The van der Waals surface area contributed by atoms with Gasteiger partial charge in [-0.1, -0.05) is 10.3 Å². The quantitative estimate of drug-likeness (QED) is 0.831. The molecular weight excluding hydrogens is 300 g/mol. The summed E-state index contributed by atoms with van der Waals surface area (Å²) >= 11 is 0. The Labute approximate surface area is 132 Å². The lowest BCUT2D eigenvalue weighted by molar-refractivity contribution is -0.00772. The van der Waals surface area contributed by atoms with Crippen molar-refractivity contribution in [3.05, 3.63) is 29.2 Å². The Morgan fingerprint density at radius 1 is 1.30 bits per heavy atom. The van der Waals surface area contributed by atoms with Gasteiger partial charge in [0.1, 0.15) is 11.9 Å². The van der Waals surface area contributed by atoms with E-state index in [0.717, 1.165) is 12.8 Å². The molecule has 2 aliphatic rings. The molecule has 0 aliphatic carbocycles. The van der Waals surface area contributed by atoms with E-state index in [1.165, 1.54) is 0 Å². The number of nitrogens with zero attached hydrogens (tertiary/aromatic N) is 4. The van der Waals surface area contributed by atoms with Crippen molar-refractivity contribution in [2.45, 2.75) is 38.9 Å². The topological polar surface area (TPSA) is 94.5 Å². The van der Waals surface area contributed by atoms with Crippen LogP contribution in [0.25, 0.3) is 0 Å². The summed E-state index contributed by atoms with van der Waals surface area (Å²) in [4.78, 5) is 18.5. The molecule has 0 aromatic carbocycles. The maximum absolute atomic E-state index is 12.5. The number of likely N-dealkylation sites (tertiary alicyclic amines) is 1. The van der Waals surface area contributed by atoms with Crippen LogP contribution in [0.5, 0.6) is 0 Å². The number of amides is 1. The van der Waals surface area contributed by atoms with Crippen molar-refractivity contribution in [3.63, 3.8) is 0 Å². The summed E-state index contributed by atoms with van der Waals surface area (Å²) in [5.41, 5.74) is 0.351. The van der Waals surface area contributed by atoms with Gasteiger partial charge < -0.3 is 18.7 Å². The lowest BCUT2D eigenvalue weighted by Gasteiger charge is -2.33. The highest BCUT2D eigenvalue weighted by Gasteiger charge is 2.42. The van der Waals surface area contributed by atoms with Gasteiger partial charge in [-0.2, -0.15) is 4.98 Å². The zero-order valence-electron chi connectivity index (χ0n) is 13.1. The van der Waals surface area contributed by atoms with Crippen molar-refractivity contribution < 1.29 is 18.6 Å². The Hall–Kier alpha value is -2.22. The van der Waals surface area contributed by atoms with Gasteiger partial charge in [0.25, 0.3) is 5.91 Å². The first-order valence-corrected chi connectivity index (χ1v) is 7.78. The van der Waals surface area contributed by atoms with E-state index >= 15 is 0 Å². The highest BCUT2D eigenvalue weighted by atomic mass is 16.5. The van der Waals surface area contributed by atoms with E-state index in [1.54, 1.807) is 24.8 Å². The molecule has 122 valence electrons. The molecule has 2 fully saturated rings. The fourth-order valence-electron chi connectivity index (χ4n) is 3.36. The molecule has 4 heterocycles. The van der Waals surface area contributed by atoms with Crippen LogP contribution in [0.4, 0.5) is 0 Å². The van der Waals surface area contributed by atoms with Crippen molar-refractivity contribution >= 4 is 5.91 Å². The number of fused-ring (bicyclic) bond motifs is 1. The molecule has 1 amide bonds. The first kappa shape index (κ1) is 14.4. The molecule has 8 heteroatoms. The number of rotatable bonds is 2. The second kappa shape index (κ2) is 5.45. The zero-order valence-corrected chi connectivity index (χ0v) is 13.1. The van der Waals surface area contributed by atoms with Gasteiger partial charge in [0.15, 0.2) is 5.69 Å². The van der Waals surface area contributed by atoms with Gasteiger partial charge in [0.05, 0.1) is 6.10 Å². The molecule has 2 aliphatic heterocycles. The van der Waals surface area contributed by atoms with Crippen LogP contribution in [0.15, 0.2) is 15.1 Å². The monoisotopic (exact) mass is 318 g/mol. The van der Waals surface area contributed by atoms with E-state index in [9.17, 15) is 4.79 Å². The summed E-state index contributed by atoms with van der Waals surface area (Å²) in [6.07, 6.45) is 1.63. The van der Waals surface area contributed by atoms with Crippen LogP contribution in [-0.4, -0.2) is 45.3 Å². The molecule has 2 saturated heterocycles. The summed E-state index contributed by atoms with van der Waals surface area (Å²) in [7, 11) is 0. The van der Waals surface area contributed by atoms with Gasteiger partial charge in [-0.3, -0.25) is 4.79 Å². The Bertz CT molecular complexity index is 725. The van der Waals surface area contributed by atoms with Crippen LogP contribution in [0, 0.1) is 19.8 Å². The maximum Gasteiger partial charge on any atom is 0.276 e. The second-order valence-corrected chi connectivity index (χ2v) is 6.19. The van der Waals surface area contributed by atoms with Gasteiger partial charge in [0, 0.05) is 26.1 Å². The molecule has 0 bridgehead atoms. The third-order valence-electron chi connectivity index (χ3n) is 4.52. The van der Waals surface area contributed by atoms with Crippen LogP contribution in [-0.2, 0) is 4.74 Å². The molecule has 0 spiro atoms. The largest absolute Gasteiger partial charge is 0.365 e. The summed E-state index contributed by atoms with van der Waals surface area (Å²) in [5, 5.41) is 7.75. The minimum atomic E-state index is -0.146. The van der Waals surface area contributed by atoms with Crippen molar-refractivity contribution in [1.82, 2.24) is 20.2 Å². The molecule has 0 unspecified atom stereocenters. The molecule has 23 heavy (non-hydrogen) atoms. The number of piperidine rings is 1. The Kier molecular flexibility index (Phi) is 3.41. The normalized spacial score (nSPS) is 27.2. The van der Waals surface area contributed by atoms with E-state index < -0.39 is 0 Å². The number of ether oxygens (including phenoxy) is 1. The van der Waals surface area contributed by atoms with E-state index in [-0.39, 0.29) is 18.1 Å². The Morgan fingerprint density at radius 3 is 2.87 bits per heavy atom. The smallest absolute Gasteiger partial charge is 0.276 e. The SMILES string of the molecule is Cc1cc(C(=O)N2CC[C@H]3C[C@@H](c4noc(C)n4)O[C@@H]3C2)no1. The Balaban J connectivity index is 1.44. The van der Waals surface area contributed by atoms with Crippen LogP contribution in [0.2, 0.25) is 0 Å². The maximum atomic E-state index is 12.5.